The highest BCUT2D eigenvalue weighted by molar-refractivity contribution is 6.02. The number of halogens is 2. The Morgan fingerprint density at radius 3 is 2.28 bits per heavy atom. The molecule has 0 bridgehead atoms. The van der Waals surface area contributed by atoms with Crippen LogP contribution in [0.2, 0.25) is 0 Å². The summed E-state index contributed by atoms with van der Waals surface area (Å²) in [5.41, 5.74) is 3.79. The van der Waals surface area contributed by atoms with E-state index < -0.39 is 0 Å². The van der Waals surface area contributed by atoms with Gasteiger partial charge in [-0.15, -0.1) is 24.8 Å². The highest BCUT2D eigenvalue weighted by Gasteiger charge is 2.22. The summed E-state index contributed by atoms with van der Waals surface area (Å²) in [5, 5.41) is 2.80. The number of ketones is 1. The zero-order valence-electron chi connectivity index (χ0n) is 16.1. The summed E-state index contributed by atoms with van der Waals surface area (Å²) in [6.45, 7) is 5.18. The minimum Gasteiger partial charge on any atom is -0.412 e. The zero-order valence-corrected chi connectivity index (χ0v) is 17.7. The summed E-state index contributed by atoms with van der Waals surface area (Å²) in [6.07, 6.45) is 0.370. The normalized spacial score (nSPS) is 15.9. The lowest BCUT2D eigenvalue weighted by molar-refractivity contribution is -0.115. The molecule has 2 aromatic rings. The number of Topliss-reactive ketones (excluding diaryl/α,β-unsaturated/α-hetero) is 1. The van der Waals surface area contributed by atoms with E-state index >= 15 is 0 Å². The van der Waals surface area contributed by atoms with Crippen LogP contribution < -0.4 is 5.32 Å². The van der Waals surface area contributed by atoms with Gasteiger partial charge in [-0.2, -0.15) is 0 Å². The molecule has 0 aliphatic carbocycles. The van der Waals surface area contributed by atoms with Gasteiger partial charge in [-0.1, -0.05) is 30.3 Å². The molecule has 1 fully saturated rings. The average Bonchev–Trinajstić information content (AvgIpc) is 3.03. The van der Waals surface area contributed by atoms with Crippen LogP contribution in [0.4, 0.5) is 5.69 Å². The Kier molecular flexibility index (Phi) is 9.76. The molecule has 6 nitrogen and oxygen atoms in total. The molecule has 158 valence electrons. The molecule has 2 aliphatic rings. The van der Waals surface area contributed by atoms with Gasteiger partial charge in [0.1, 0.15) is 0 Å². The maximum atomic E-state index is 12.6. The van der Waals surface area contributed by atoms with Crippen molar-refractivity contribution in [1.29, 1.82) is 0 Å². The smallest absolute Gasteiger partial charge is 0.228 e. The zero-order chi connectivity index (χ0) is 17.9. The Labute approximate surface area is 183 Å². The highest BCUT2D eigenvalue weighted by atomic mass is 35.5. The number of anilines is 1. The summed E-state index contributed by atoms with van der Waals surface area (Å²) in [6, 6.07) is 16.0. The molecule has 4 rings (SSSR count). The van der Waals surface area contributed by atoms with Gasteiger partial charge < -0.3 is 10.8 Å². The highest BCUT2D eigenvalue weighted by Crippen LogP contribution is 2.24. The van der Waals surface area contributed by atoms with Gasteiger partial charge >= 0.3 is 0 Å². The van der Waals surface area contributed by atoms with Crippen LogP contribution in [0.1, 0.15) is 21.5 Å². The van der Waals surface area contributed by atoms with E-state index in [0.29, 0.717) is 18.5 Å². The number of rotatable bonds is 5. The van der Waals surface area contributed by atoms with Gasteiger partial charge in [0.2, 0.25) is 5.91 Å². The molecule has 1 amide bonds. The molecule has 0 unspecified atom stereocenters. The van der Waals surface area contributed by atoms with Crippen molar-refractivity contribution in [2.75, 3.05) is 38.0 Å². The Morgan fingerprint density at radius 2 is 1.59 bits per heavy atom. The Hall–Kier alpha value is -1.96. The number of fused-ring (bicyclic) bond motifs is 1. The van der Waals surface area contributed by atoms with E-state index in [1.165, 1.54) is 5.56 Å². The number of hydrogen-bond donors (Lipinski definition) is 1. The monoisotopic (exact) mass is 439 g/mol. The van der Waals surface area contributed by atoms with Crippen LogP contribution in [0.3, 0.4) is 0 Å². The van der Waals surface area contributed by atoms with Crippen LogP contribution >= 0.6 is 24.8 Å². The largest absolute Gasteiger partial charge is 0.412 e. The Bertz CT molecular complexity index is 825. The summed E-state index contributed by atoms with van der Waals surface area (Å²) < 4.78 is 0. The number of benzene rings is 2. The molecular formula is C21H27Cl2N3O3. The van der Waals surface area contributed by atoms with Crippen molar-refractivity contribution in [3.63, 3.8) is 0 Å². The van der Waals surface area contributed by atoms with Crippen LogP contribution in [0.25, 0.3) is 0 Å². The lowest BCUT2D eigenvalue weighted by atomic mass is 10.0. The maximum Gasteiger partial charge on any atom is 0.228 e. The molecule has 29 heavy (non-hydrogen) atoms. The van der Waals surface area contributed by atoms with Crippen LogP contribution in [-0.4, -0.2) is 59.7 Å². The van der Waals surface area contributed by atoms with Gasteiger partial charge in [-0.25, -0.2) is 0 Å². The fourth-order valence-corrected chi connectivity index (χ4v) is 3.64. The lowest BCUT2D eigenvalue weighted by Gasteiger charge is -2.34. The van der Waals surface area contributed by atoms with E-state index in [-0.39, 0.29) is 42.0 Å². The number of carbonyl (C=O) groups excluding carboxylic acids is 2. The first-order valence-electron chi connectivity index (χ1n) is 9.12. The lowest BCUT2D eigenvalue weighted by Crippen LogP contribution is -2.47. The van der Waals surface area contributed by atoms with Crippen molar-refractivity contribution in [3.8, 4) is 0 Å². The van der Waals surface area contributed by atoms with Crippen molar-refractivity contribution in [2.24, 2.45) is 0 Å². The van der Waals surface area contributed by atoms with Crippen LogP contribution in [-0.2, 0) is 17.8 Å². The number of carbonyl (C=O) groups is 2. The van der Waals surface area contributed by atoms with E-state index in [1.54, 1.807) is 0 Å². The number of nitrogens with zero attached hydrogens (tertiary/aromatic N) is 2. The van der Waals surface area contributed by atoms with Crippen molar-refractivity contribution >= 4 is 42.2 Å². The Balaban J connectivity index is 0.00000140. The number of piperazine rings is 1. The fourth-order valence-electron chi connectivity index (χ4n) is 3.64. The fraction of sp³-hybridized carbons (Fsp3) is 0.333. The minimum atomic E-state index is -0.000799. The third-order valence-electron chi connectivity index (χ3n) is 5.13. The van der Waals surface area contributed by atoms with Gasteiger partial charge in [0.05, 0.1) is 13.0 Å². The van der Waals surface area contributed by atoms with E-state index in [9.17, 15) is 9.59 Å². The number of nitrogens with one attached hydrogen (secondary N) is 1. The van der Waals surface area contributed by atoms with Crippen molar-refractivity contribution in [1.82, 2.24) is 9.80 Å². The molecule has 3 N–H and O–H groups in total. The third kappa shape index (κ3) is 6.26. The second kappa shape index (κ2) is 11.3. The van der Waals surface area contributed by atoms with Gasteiger partial charge in [-0.3, -0.25) is 19.4 Å². The first-order valence-corrected chi connectivity index (χ1v) is 9.12. The van der Waals surface area contributed by atoms with Crippen LogP contribution in [0.5, 0.6) is 0 Å². The van der Waals surface area contributed by atoms with Gasteiger partial charge in [0.25, 0.3) is 0 Å². The molecule has 2 aromatic carbocycles. The van der Waals surface area contributed by atoms with E-state index in [1.807, 2.05) is 24.3 Å². The standard InChI is InChI=1S/C21H23N3O2.2ClH.H2O/c25-20(17-6-7-19-18(12-17)13-21(26)22-19)15-24-10-8-23(9-11-24)14-16-4-2-1-3-5-16;;;/h1-7,12H,8-11,13-15H2,(H,22,26);2*1H;1H2. The summed E-state index contributed by atoms with van der Waals surface area (Å²) >= 11 is 0. The molecule has 2 heterocycles. The van der Waals surface area contributed by atoms with Gasteiger partial charge in [0.15, 0.2) is 5.78 Å². The van der Waals surface area contributed by atoms with Crippen LogP contribution in [0, 0.1) is 0 Å². The van der Waals surface area contributed by atoms with Crippen molar-refractivity contribution in [3.05, 3.63) is 65.2 Å². The first kappa shape index (κ1) is 25.1. The van der Waals surface area contributed by atoms with E-state index in [2.05, 4.69) is 39.4 Å². The summed E-state index contributed by atoms with van der Waals surface area (Å²) in [7, 11) is 0. The molecule has 0 atom stereocenters. The van der Waals surface area contributed by atoms with E-state index in [0.717, 1.165) is 44.0 Å². The van der Waals surface area contributed by atoms with Crippen molar-refractivity contribution in [2.45, 2.75) is 13.0 Å². The molecular weight excluding hydrogens is 413 g/mol. The minimum absolute atomic E-state index is 0. The quantitative estimate of drug-likeness (QED) is 0.723. The molecule has 0 radical (unpaired) electrons. The SMILES string of the molecule is Cl.Cl.O.O=C1Cc2cc(C(=O)CN3CCN(Cc4ccccc4)CC3)ccc2N1. The second-order valence-electron chi connectivity index (χ2n) is 7.06. The first-order chi connectivity index (χ1) is 12.7. The Morgan fingerprint density at radius 1 is 0.931 bits per heavy atom. The average molecular weight is 440 g/mol. The van der Waals surface area contributed by atoms with Gasteiger partial charge in [0, 0.05) is 44.0 Å². The number of amides is 1. The van der Waals surface area contributed by atoms with Crippen molar-refractivity contribution < 1.29 is 15.1 Å². The predicted molar refractivity (Wildman–Crippen MR) is 119 cm³/mol. The molecule has 0 saturated carbocycles. The summed E-state index contributed by atoms with van der Waals surface area (Å²) in [5.74, 6) is 0.128. The second-order valence-corrected chi connectivity index (χ2v) is 7.06. The summed E-state index contributed by atoms with van der Waals surface area (Å²) in [4.78, 5) is 28.7. The molecule has 2 aliphatic heterocycles. The molecule has 0 spiro atoms. The third-order valence-corrected chi connectivity index (χ3v) is 5.13. The molecule has 8 heteroatoms. The molecule has 1 saturated heterocycles. The topological polar surface area (TPSA) is 84.1 Å². The number of hydrogen-bond acceptors (Lipinski definition) is 4. The van der Waals surface area contributed by atoms with Gasteiger partial charge in [-0.05, 0) is 29.3 Å². The maximum absolute atomic E-state index is 12.6. The van der Waals surface area contributed by atoms with Crippen LogP contribution in [0.15, 0.2) is 48.5 Å². The molecule has 0 aromatic heterocycles. The predicted octanol–water partition coefficient (Wildman–Crippen LogP) is 2.20. The van der Waals surface area contributed by atoms with E-state index in [4.69, 9.17) is 0 Å².